The van der Waals surface area contributed by atoms with Gasteiger partial charge in [0.05, 0.1) is 5.69 Å². The van der Waals surface area contributed by atoms with Crippen LogP contribution in [0.1, 0.15) is 41.9 Å². The number of aryl methyl sites for hydroxylation is 1. The van der Waals surface area contributed by atoms with Crippen molar-refractivity contribution in [3.8, 4) is 0 Å². The van der Waals surface area contributed by atoms with Gasteiger partial charge in [-0.05, 0) is 44.4 Å². The molecule has 3 rings (SSSR count). The number of hydrogen-bond acceptors (Lipinski definition) is 4. The molecule has 1 aromatic heterocycles. The zero-order valence-corrected chi connectivity index (χ0v) is 12.6. The second kappa shape index (κ2) is 4.73. The summed E-state index contributed by atoms with van der Waals surface area (Å²) < 4.78 is 23.1. The Morgan fingerprint density at radius 3 is 2.35 bits per heavy atom. The van der Waals surface area contributed by atoms with Gasteiger partial charge in [0, 0.05) is 16.7 Å². The van der Waals surface area contributed by atoms with Crippen molar-refractivity contribution in [2.45, 2.75) is 43.5 Å². The highest BCUT2D eigenvalue weighted by atomic mass is 35.7. The van der Waals surface area contributed by atoms with E-state index in [1.807, 2.05) is 0 Å². The molecular formula is C12H16ClN3O3S. The zero-order valence-electron chi connectivity index (χ0n) is 11.0. The number of aromatic nitrogens is 2. The molecular weight excluding hydrogens is 302 g/mol. The van der Waals surface area contributed by atoms with Crippen molar-refractivity contribution in [2.24, 2.45) is 11.8 Å². The fourth-order valence-corrected chi connectivity index (χ4v) is 3.97. The molecule has 0 aliphatic heterocycles. The Morgan fingerprint density at radius 2 is 1.90 bits per heavy atom. The summed E-state index contributed by atoms with van der Waals surface area (Å²) in [5.41, 5.74) is 0.142. The minimum atomic E-state index is -3.99. The summed E-state index contributed by atoms with van der Waals surface area (Å²) in [6.45, 7) is 1.53. The maximum atomic E-state index is 12.3. The average Bonchev–Trinajstić information content (AvgIpc) is 3.22. The van der Waals surface area contributed by atoms with Crippen LogP contribution in [0.4, 0.5) is 0 Å². The van der Waals surface area contributed by atoms with Crippen LogP contribution in [0.2, 0.25) is 0 Å². The molecule has 2 fully saturated rings. The van der Waals surface area contributed by atoms with Crippen LogP contribution < -0.4 is 5.32 Å². The minimum Gasteiger partial charge on any atom is -0.347 e. The summed E-state index contributed by atoms with van der Waals surface area (Å²) >= 11 is 0. The number of carbonyl (C=O) groups excluding carboxylic acids is 1. The van der Waals surface area contributed by atoms with E-state index >= 15 is 0 Å². The first-order valence-electron chi connectivity index (χ1n) is 6.68. The van der Waals surface area contributed by atoms with Gasteiger partial charge in [-0.15, -0.1) is 0 Å². The fraction of sp³-hybridized carbons (Fsp3) is 0.667. The number of carbonyl (C=O) groups is 1. The van der Waals surface area contributed by atoms with E-state index < -0.39 is 15.0 Å². The average molecular weight is 318 g/mol. The Kier molecular flexibility index (Phi) is 3.29. The molecule has 2 saturated carbocycles. The summed E-state index contributed by atoms with van der Waals surface area (Å²) in [5, 5.41) is 9.25. The number of H-pyrrole nitrogens is 1. The molecule has 0 bridgehead atoms. The minimum absolute atomic E-state index is 0.135. The lowest BCUT2D eigenvalue weighted by atomic mass is 10.1. The molecule has 0 spiro atoms. The van der Waals surface area contributed by atoms with E-state index in [9.17, 15) is 13.2 Å². The third-order valence-electron chi connectivity index (χ3n) is 3.91. The highest BCUT2D eigenvalue weighted by Gasteiger charge is 2.43. The summed E-state index contributed by atoms with van der Waals surface area (Å²) in [6, 6.07) is 0.144. The van der Waals surface area contributed by atoms with Gasteiger partial charge in [0.25, 0.3) is 15.0 Å². The molecule has 2 aliphatic rings. The Morgan fingerprint density at radius 1 is 1.35 bits per heavy atom. The molecule has 0 saturated heterocycles. The molecule has 8 heteroatoms. The molecule has 110 valence electrons. The zero-order chi connectivity index (χ0) is 14.5. The topological polar surface area (TPSA) is 91.9 Å². The first-order valence-corrected chi connectivity index (χ1v) is 8.99. The van der Waals surface area contributed by atoms with Crippen LogP contribution >= 0.6 is 10.7 Å². The molecule has 0 aromatic carbocycles. The van der Waals surface area contributed by atoms with Crippen LogP contribution in [0.25, 0.3) is 0 Å². The molecule has 1 amide bonds. The maximum Gasteiger partial charge on any atom is 0.273 e. The summed E-state index contributed by atoms with van der Waals surface area (Å²) in [5.74, 6) is 0.600. The number of halogens is 1. The number of amides is 1. The lowest BCUT2D eigenvalue weighted by Crippen LogP contribution is -2.38. The van der Waals surface area contributed by atoms with Gasteiger partial charge in [0.1, 0.15) is 4.90 Å². The number of hydrogen-bond donors (Lipinski definition) is 2. The first kappa shape index (κ1) is 13.9. The van der Waals surface area contributed by atoms with Crippen molar-refractivity contribution >= 4 is 25.6 Å². The second-order valence-electron chi connectivity index (χ2n) is 5.64. The van der Waals surface area contributed by atoms with Gasteiger partial charge in [0.15, 0.2) is 5.69 Å². The molecule has 2 aliphatic carbocycles. The van der Waals surface area contributed by atoms with Crippen molar-refractivity contribution < 1.29 is 13.2 Å². The molecule has 0 radical (unpaired) electrons. The molecule has 0 unspecified atom stereocenters. The van der Waals surface area contributed by atoms with Crippen LogP contribution in [-0.2, 0) is 9.05 Å². The molecule has 1 aromatic rings. The Hall–Kier alpha value is -1.08. The van der Waals surface area contributed by atoms with Crippen molar-refractivity contribution in [2.75, 3.05) is 0 Å². The predicted octanol–water partition coefficient (Wildman–Crippen LogP) is 1.56. The van der Waals surface area contributed by atoms with E-state index in [-0.39, 0.29) is 22.3 Å². The van der Waals surface area contributed by atoms with Crippen molar-refractivity contribution in [1.82, 2.24) is 15.5 Å². The van der Waals surface area contributed by atoms with E-state index in [2.05, 4.69) is 15.5 Å². The lowest BCUT2D eigenvalue weighted by Gasteiger charge is -2.17. The predicted molar refractivity (Wildman–Crippen MR) is 73.1 cm³/mol. The molecule has 1 heterocycles. The number of aromatic amines is 1. The second-order valence-corrected chi connectivity index (χ2v) is 8.14. The van der Waals surface area contributed by atoms with Crippen LogP contribution in [0, 0.1) is 18.8 Å². The Labute approximate surface area is 121 Å². The van der Waals surface area contributed by atoms with Gasteiger partial charge in [-0.3, -0.25) is 9.89 Å². The van der Waals surface area contributed by atoms with Gasteiger partial charge >= 0.3 is 0 Å². The van der Waals surface area contributed by atoms with Gasteiger partial charge in [0.2, 0.25) is 0 Å². The highest BCUT2D eigenvalue weighted by molar-refractivity contribution is 8.13. The third-order valence-corrected chi connectivity index (χ3v) is 5.36. The lowest BCUT2D eigenvalue weighted by molar-refractivity contribution is 0.0918. The fourth-order valence-electron chi connectivity index (χ4n) is 2.62. The molecule has 6 nitrogen and oxygen atoms in total. The SMILES string of the molecule is Cc1[nH]nc(C(=O)NC(C2CC2)C2CC2)c1S(=O)(=O)Cl. The van der Waals surface area contributed by atoms with Gasteiger partial charge < -0.3 is 5.32 Å². The van der Waals surface area contributed by atoms with E-state index in [0.717, 1.165) is 25.7 Å². The van der Waals surface area contributed by atoms with Crippen molar-refractivity contribution in [3.63, 3.8) is 0 Å². The first-order chi connectivity index (χ1) is 9.38. The largest absolute Gasteiger partial charge is 0.347 e. The Bertz CT molecular complexity index is 635. The number of nitrogens with one attached hydrogen (secondary N) is 2. The van der Waals surface area contributed by atoms with E-state index in [4.69, 9.17) is 10.7 Å². The summed E-state index contributed by atoms with van der Waals surface area (Å²) in [6.07, 6.45) is 4.51. The standard InChI is InChI=1S/C12H16ClN3O3S/c1-6-11(20(13,18)19)10(16-15-6)12(17)14-9(7-2-3-7)8-4-5-8/h7-9H,2-5H2,1H3,(H,14,17)(H,15,16). The molecule has 0 atom stereocenters. The normalized spacial score (nSPS) is 19.4. The smallest absolute Gasteiger partial charge is 0.273 e. The van der Waals surface area contributed by atoms with Crippen LogP contribution in [0.15, 0.2) is 4.90 Å². The van der Waals surface area contributed by atoms with E-state index in [1.54, 1.807) is 0 Å². The summed E-state index contributed by atoms with van der Waals surface area (Å²) in [4.78, 5) is 12.1. The Balaban J connectivity index is 1.83. The molecule has 20 heavy (non-hydrogen) atoms. The van der Waals surface area contributed by atoms with E-state index in [1.165, 1.54) is 6.92 Å². The van der Waals surface area contributed by atoms with Gasteiger partial charge in [-0.25, -0.2) is 8.42 Å². The van der Waals surface area contributed by atoms with Crippen LogP contribution in [-0.4, -0.2) is 30.6 Å². The summed E-state index contributed by atoms with van der Waals surface area (Å²) in [7, 11) is 1.38. The van der Waals surface area contributed by atoms with Crippen molar-refractivity contribution in [3.05, 3.63) is 11.4 Å². The van der Waals surface area contributed by atoms with Crippen LogP contribution in [0.5, 0.6) is 0 Å². The number of rotatable bonds is 5. The monoisotopic (exact) mass is 317 g/mol. The van der Waals surface area contributed by atoms with Crippen molar-refractivity contribution in [1.29, 1.82) is 0 Å². The van der Waals surface area contributed by atoms with Crippen LogP contribution in [0.3, 0.4) is 0 Å². The van der Waals surface area contributed by atoms with E-state index in [0.29, 0.717) is 11.8 Å². The van der Waals surface area contributed by atoms with Gasteiger partial charge in [-0.1, -0.05) is 0 Å². The quantitative estimate of drug-likeness (QED) is 0.806. The number of nitrogens with zero attached hydrogens (tertiary/aromatic N) is 1. The third kappa shape index (κ3) is 2.69. The highest BCUT2D eigenvalue weighted by Crippen LogP contribution is 2.44. The maximum absolute atomic E-state index is 12.3. The van der Waals surface area contributed by atoms with Gasteiger partial charge in [-0.2, -0.15) is 5.10 Å². The molecule has 2 N–H and O–H groups in total.